The lowest BCUT2D eigenvalue weighted by molar-refractivity contribution is -0.128. The van der Waals surface area contributed by atoms with Crippen LogP contribution >= 0.6 is 11.6 Å². The van der Waals surface area contributed by atoms with Crippen molar-refractivity contribution in [3.8, 4) is 5.75 Å². The van der Waals surface area contributed by atoms with Crippen LogP contribution in [0.2, 0.25) is 5.02 Å². The van der Waals surface area contributed by atoms with Crippen molar-refractivity contribution in [2.45, 2.75) is 25.0 Å². The number of hydrogen-bond acceptors (Lipinski definition) is 5. The highest BCUT2D eigenvalue weighted by Crippen LogP contribution is 2.27. The first-order chi connectivity index (χ1) is 11.6. The van der Waals surface area contributed by atoms with Gasteiger partial charge in [0.2, 0.25) is 11.8 Å². The molecule has 0 spiro atoms. The zero-order valence-electron chi connectivity index (χ0n) is 14.7. The smallest absolute Gasteiger partial charge is 0.242 e. The van der Waals surface area contributed by atoms with Crippen molar-refractivity contribution in [2.75, 3.05) is 32.3 Å². The van der Waals surface area contributed by atoms with Gasteiger partial charge in [-0.25, -0.2) is 8.42 Å². The topological polar surface area (TPSA) is 92.8 Å². The van der Waals surface area contributed by atoms with Gasteiger partial charge in [0.15, 0.2) is 9.84 Å². The number of methoxy groups -OCH3 is 1. The van der Waals surface area contributed by atoms with Gasteiger partial charge in [0, 0.05) is 26.2 Å². The maximum Gasteiger partial charge on any atom is 0.242 e. The van der Waals surface area contributed by atoms with Crippen LogP contribution in [0, 0.1) is 0 Å². The number of hydrogen-bond donors (Lipinski definition) is 1. The third kappa shape index (κ3) is 6.21. The van der Waals surface area contributed by atoms with E-state index < -0.39 is 21.0 Å². The summed E-state index contributed by atoms with van der Waals surface area (Å²) in [5.74, 6) is -0.587. The van der Waals surface area contributed by atoms with Crippen LogP contribution in [-0.2, 0) is 19.4 Å². The van der Waals surface area contributed by atoms with Crippen LogP contribution in [0.5, 0.6) is 5.75 Å². The minimum atomic E-state index is -3.66. The Morgan fingerprint density at radius 1 is 1.32 bits per heavy atom. The molecule has 9 heteroatoms. The first kappa shape index (κ1) is 21.2. The van der Waals surface area contributed by atoms with Crippen LogP contribution < -0.4 is 10.1 Å². The fourth-order valence-corrected chi connectivity index (χ4v) is 3.52. The zero-order chi connectivity index (χ0) is 19.2. The van der Waals surface area contributed by atoms with E-state index in [2.05, 4.69) is 5.32 Å². The summed E-state index contributed by atoms with van der Waals surface area (Å²) in [6, 6.07) is 4.62. The Labute approximate surface area is 153 Å². The van der Waals surface area contributed by atoms with E-state index >= 15 is 0 Å². The number of carbonyl (C=O) groups is 2. The summed E-state index contributed by atoms with van der Waals surface area (Å²) in [5, 5.41) is 1.59. The Morgan fingerprint density at radius 3 is 2.48 bits per heavy atom. The van der Waals surface area contributed by atoms with Crippen molar-refractivity contribution < 1.29 is 22.7 Å². The molecule has 0 saturated carbocycles. The second-order valence-corrected chi connectivity index (χ2v) is 8.59. The number of anilines is 1. The third-order valence-corrected chi connectivity index (χ3v) is 6.09. The number of sulfone groups is 1. The molecular formula is C16H23ClN2O5S. The molecule has 0 saturated heterocycles. The second kappa shape index (κ2) is 9.05. The van der Waals surface area contributed by atoms with Gasteiger partial charge in [-0.15, -0.1) is 0 Å². The minimum Gasteiger partial charge on any atom is -0.495 e. The lowest BCUT2D eigenvalue weighted by atomic mass is 10.3. The Hall–Kier alpha value is -1.80. The fourth-order valence-electron chi connectivity index (χ4n) is 1.98. The largest absolute Gasteiger partial charge is 0.495 e. The molecule has 1 N–H and O–H groups in total. The summed E-state index contributed by atoms with van der Waals surface area (Å²) in [7, 11) is 1.01. The minimum absolute atomic E-state index is 0.120. The first-order valence-electron chi connectivity index (χ1n) is 7.64. The lowest BCUT2D eigenvalue weighted by Crippen LogP contribution is -2.34. The SMILES string of the molecule is COc1ccc(NC(=O)C(C)S(=O)(=O)CCCC(=O)N(C)C)cc1Cl. The molecule has 1 unspecified atom stereocenters. The van der Waals surface area contributed by atoms with Crippen molar-refractivity contribution >= 4 is 38.9 Å². The predicted molar refractivity (Wildman–Crippen MR) is 97.8 cm³/mol. The normalized spacial score (nSPS) is 12.4. The Morgan fingerprint density at radius 2 is 1.96 bits per heavy atom. The predicted octanol–water partition coefficient (Wildman–Crippen LogP) is 1.96. The molecular weight excluding hydrogens is 368 g/mol. The lowest BCUT2D eigenvalue weighted by Gasteiger charge is -2.14. The zero-order valence-corrected chi connectivity index (χ0v) is 16.3. The van der Waals surface area contributed by atoms with E-state index in [9.17, 15) is 18.0 Å². The molecule has 0 fully saturated rings. The summed E-state index contributed by atoms with van der Waals surface area (Å²) >= 11 is 5.98. The Balaban J connectivity index is 2.67. The van der Waals surface area contributed by atoms with Gasteiger partial charge < -0.3 is 15.0 Å². The molecule has 0 bridgehead atoms. The molecule has 0 radical (unpaired) electrons. The number of nitrogens with one attached hydrogen (secondary N) is 1. The summed E-state index contributed by atoms with van der Waals surface area (Å²) in [6.45, 7) is 1.32. The number of nitrogens with zero attached hydrogens (tertiary/aromatic N) is 1. The van der Waals surface area contributed by atoms with Crippen LogP contribution in [0.15, 0.2) is 18.2 Å². The third-order valence-electron chi connectivity index (χ3n) is 3.65. The van der Waals surface area contributed by atoms with E-state index in [4.69, 9.17) is 16.3 Å². The quantitative estimate of drug-likeness (QED) is 0.732. The van der Waals surface area contributed by atoms with Gasteiger partial charge in [0.25, 0.3) is 0 Å². The number of benzene rings is 1. The molecule has 1 aromatic carbocycles. The number of halogens is 1. The molecule has 0 aliphatic heterocycles. The van der Waals surface area contributed by atoms with Crippen molar-refractivity contribution in [1.29, 1.82) is 0 Å². The monoisotopic (exact) mass is 390 g/mol. The summed E-state index contributed by atoms with van der Waals surface area (Å²) in [4.78, 5) is 25.1. The van der Waals surface area contributed by atoms with Gasteiger partial charge in [0.1, 0.15) is 11.0 Å². The highest BCUT2D eigenvalue weighted by molar-refractivity contribution is 7.92. The number of carbonyl (C=O) groups excluding carboxylic acids is 2. The van der Waals surface area contributed by atoms with E-state index in [0.29, 0.717) is 16.5 Å². The standard InChI is InChI=1S/C16H23ClN2O5S/c1-11(25(22,23)9-5-6-15(20)19(2)3)16(21)18-12-7-8-14(24-4)13(17)10-12/h7-8,10-11H,5-6,9H2,1-4H3,(H,18,21). The van der Waals surface area contributed by atoms with Gasteiger partial charge in [-0.1, -0.05) is 11.6 Å². The van der Waals surface area contributed by atoms with Crippen LogP contribution in [-0.4, -0.2) is 57.3 Å². The summed E-state index contributed by atoms with van der Waals surface area (Å²) in [6.07, 6.45) is 0.292. The molecule has 1 atom stereocenters. The van der Waals surface area contributed by atoms with E-state index in [-0.39, 0.29) is 24.5 Å². The molecule has 0 aliphatic rings. The van der Waals surface area contributed by atoms with Gasteiger partial charge >= 0.3 is 0 Å². The maximum absolute atomic E-state index is 12.2. The van der Waals surface area contributed by atoms with E-state index in [1.165, 1.54) is 25.0 Å². The average Bonchev–Trinajstić information content (AvgIpc) is 2.53. The molecule has 0 aliphatic carbocycles. The molecule has 25 heavy (non-hydrogen) atoms. The van der Waals surface area contributed by atoms with Crippen LogP contribution in [0.4, 0.5) is 5.69 Å². The highest BCUT2D eigenvalue weighted by Gasteiger charge is 2.28. The molecule has 0 aromatic heterocycles. The van der Waals surface area contributed by atoms with Crippen LogP contribution in [0.3, 0.4) is 0 Å². The van der Waals surface area contributed by atoms with Gasteiger partial charge in [-0.3, -0.25) is 9.59 Å². The van der Waals surface area contributed by atoms with E-state index in [0.717, 1.165) is 0 Å². The Kier molecular flexibility index (Phi) is 7.69. The van der Waals surface area contributed by atoms with Crippen molar-refractivity contribution in [1.82, 2.24) is 4.90 Å². The second-order valence-electron chi connectivity index (χ2n) is 5.74. The van der Waals surface area contributed by atoms with Crippen LogP contribution in [0.25, 0.3) is 0 Å². The summed E-state index contributed by atoms with van der Waals surface area (Å²) < 4.78 is 29.5. The first-order valence-corrected chi connectivity index (χ1v) is 9.74. The molecule has 0 heterocycles. The van der Waals surface area contributed by atoms with Crippen molar-refractivity contribution in [2.24, 2.45) is 0 Å². The molecule has 7 nitrogen and oxygen atoms in total. The fraction of sp³-hybridized carbons (Fsp3) is 0.500. The average molecular weight is 391 g/mol. The molecule has 1 aromatic rings. The molecule has 140 valence electrons. The highest BCUT2D eigenvalue weighted by atomic mass is 35.5. The summed E-state index contributed by atoms with van der Waals surface area (Å²) in [5.41, 5.74) is 0.376. The van der Waals surface area contributed by atoms with Gasteiger partial charge in [0.05, 0.1) is 17.9 Å². The van der Waals surface area contributed by atoms with E-state index in [1.54, 1.807) is 26.2 Å². The van der Waals surface area contributed by atoms with Crippen molar-refractivity contribution in [3.63, 3.8) is 0 Å². The molecule has 1 rings (SSSR count). The van der Waals surface area contributed by atoms with Gasteiger partial charge in [-0.05, 0) is 31.5 Å². The number of rotatable bonds is 8. The van der Waals surface area contributed by atoms with Crippen LogP contribution in [0.1, 0.15) is 19.8 Å². The molecule has 2 amide bonds. The number of ether oxygens (including phenoxy) is 1. The van der Waals surface area contributed by atoms with Crippen molar-refractivity contribution in [3.05, 3.63) is 23.2 Å². The van der Waals surface area contributed by atoms with E-state index in [1.807, 2.05) is 0 Å². The number of amides is 2. The van der Waals surface area contributed by atoms with Gasteiger partial charge in [-0.2, -0.15) is 0 Å². The maximum atomic E-state index is 12.2. The Bertz CT molecular complexity index is 734.